The van der Waals surface area contributed by atoms with E-state index in [1.165, 1.54) is 11.8 Å². The molecule has 4 aromatic rings. The van der Waals surface area contributed by atoms with Gasteiger partial charge < -0.3 is 10.1 Å². The predicted molar refractivity (Wildman–Crippen MR) is 125 cm³/mol. The first-order chi connectivity index (χ1) is 15.8. The Morgan fingerprint density at radius 3 is 2.62 bits per heavy atom. The van der Waals surface area contributed by atoms with E-state index < -0.39 is 0 Å². The molecule has 0 unspecified atom stereocenters. The fourth-order valence-electron chi connectivity index (χ4n) is 3.22. The predicted octanol–water partition coefficient (Wildman–Crippen LogP) is 4.14. The van der Waals surface area contributed by atoms with E-state index in [2.05, 4.69) is 20.5 Å². The van der Waals surface area contributed by atoms with Crippen LogP contribution in [0.2, 0.25) is 0 Å². The van der Waals surface area contributed by atoms with Gasteiger partial charge in [-0.2, -0.15) is 0 Å². The van der Waals surface area contributed by atoms with Gasteiger partial charge >= 0.3 is 0 Å². The lowest BCUT2D eigenvalue weighted by Crippen LogP contribution is -2.23. The van der Waals surface area contributed by atoms with Gasteiger partial charge in [0.25, 0.3) is 0 Å². The minimum absolute atomic E-state index is 0.0262. The molecule has 0 fully saturated rings. The third-order valence-electron chi connectivity index (χ3n) is 4.80. The molecule has 0 spiro atoms. The number of benzene rings is 2. The van der Waals surface area contributed by atoms with Crippen molar-refractivity contribution in [2.75, 3.05) is 12.9 Å². The van der Waals surface area contributed by atoms with Crippen molar-refractivity contribution in [3.63, 3.8) is 0 Å². The van der Waals surface area contributed by atoms with E-state index in [0.717, 1.165) is 27.7 Å². The van der Waals surface area contributed by atoms with Gasteiger partial charge in [0.1, 0.15) is 5.75 Å². The number of ether oxygens (including phenoxy) is 1. The van der Waals surface area contributed by atoms with Crippen LogP contribution in [0.5, 0.6) is 5.75 Å². The quantitative estimate of drug-likeness (QED) is 0.390. The third kappa shape index (κ3) is 5.15. The molecule has 0 saturated heterocycles. The summed E-state index contributed by atoms with van der Waals surface area (Å²) in [4.78, 5) is 16.6. The summed E-state index contributed by atoms with van der Waals surface area (Å²) in [7, 11) is 1.62. The molecule has 0 bridgehead atoms. The Balaban J connectivity index is 1.42. The van der Waals surface area contributed by atoms with Crippen LogP contribution in [-0.4, -0.2) is 38.5 Å². The Morgan fingerprint density at radius 2 is 1.84 bits per heavy atom. The number of hydrogen-bond donors (Lipinski definition) is 1. The van der Waals surface area contributed by atoms with E-state index in [1.807, 2.05) is 71.3 Å². The molecule has 32 heavy (non-hydrogen) atoms. The number of carbonyl (C=O) groups is 1. The van der Waals surface area contributed by atoms with Crippen LogP contribution in [-0.2, 0) is 11.3 Å². The molecule has 4 rings (SSSR count). The van der Waals surface area contributed by atoms with Gasteiger partial charge in [-0.15, -0.1) is 10.2 Å². The summed E-state index contributed by atoms with van der Waals surface area (Å²) in [6.45, 7) is 0.429. The van der Waals surface area contributed by atoms with Crippen LogP contribution in [0.25, 0.3) is 17.1 Å². The molecule has 7 nitrogen and oxygen atoms in total. The number of carbonyl (C=O) groups excluding carboxylic acids is 1. The fourth-order valence-corrected chi connectivity index (χ4v) is 4.11. The second-order valence-electron chi connectivity index (χ2n) is 6.91. The Morgan fingerprint density at radius 1 is 1.03 bits per heavy atom. The van der Waals surface area contributed by atoms with E-state index in [-0.39, 0.29) is 5.91 Å². The summed E-state index contributed by atoms with van der Waals surface area (Å²) in [5.74, 6) is 2.03. The van der Waals surface area contributed by atoms with Crippen LogP contribution in [0.4, 0.5) is 0 Å². The number of thioether (sulfide) groups is 1. The van der Waals surface area contributed by atoms with E-state index in [4.69, 9.17) is 4.74 Å². The van der Waals surface area contributed by atoms with Crippen LogP contribution in [0.1, 0.15) is 12.0 Å². The Kier molecular flexibility index (Phi) is 7.14. The highest BCUT2D eigenvalue weighted by atomic mass is 32.2. The zero-order valence-electron chi connectivity index (χ0n) is 17.6. The average Bonchev–Trinajstić information content (AvgIpc) is 3.28. The highest BCUT2D eigenvalue weighted by Gasteiger charge is 2.16. The number of amides is 1. The number of nitrogens with zero attached hydrogens (tertiary/aromatic N) is 4. The molecule has 2 aromatic heterocycles. The first kappa shape index (κ1) is 21.6. The van der Waals surface area contributed by atoms with Crippen molar-refractivity contribution in [2.24, 2.45) is 0 Å². The van der Waals surface area contributed by atoms with Gasteiger partial charge in [-0.05, 0) is 30.3 Å². The number of pyridine rings is 1. The number of hydrogen-bond acceptors (Lipinski definition) is 6. The number of para-hydroxylation sites is 2. The Labute approximate surface area is 190 Å². The van der Waals surface area contributed by atoms with Crippen LogP contribution in [0.3, 0.4) is 0 Å². The molecule has 2 aromatic carbocycles. The maximum Gasteiger partial charge on any atom is 0.221 e. The van der Waals surface area contributed by atoms with Crippen molar-refractivity contribution >= 4 is 17.7 Å². The maximum atomic E-state index is 12.4. The summed E-state index contributed by atoms with van der Waals surface area (Å²) in [5, 5.41) is 12.5. The van der Waals surface area contributed by atoms with Gasteiger partial charge in [0.2, 0.25) is 5.91 Å². The number of aromatic nitrogens is 4. The molecule has 0 aliphatic carbocycles. The normalized spacial score (nSPS) is 10.7. The average molecular weight is 446 g/mol. The van der Waals surface area contributed by atoms with Crippen molar-refractivity contribution in [1.82, 2.24) is 25.1 Å². The number of nitrogens with one attached hydrogen (secondary N) is 1. The Bertz CT molecular complexity index is 1170. The molecule has 8 heteroatoms. The van der Waals surface area contributed by atoms with E-state index in [0.29, 0.717) is 24.5 Å². The van der Waals surface area contributed by atoms with Crippen LogP contribution in [0, 0.1) is 0 Å². The molecule has 1 N–H and O–H groups in total. The first-order valence-electron chi connectivity index (χ1n) is 10.2. The molecule has 0 aliphatic rings. The lowest BCUT2D eigenvalue weighted by atomic mass is 10.2. The lowest BCUT2D eigenvalue weighted by Gasteiger charge is -2.11. The van der Waals surface area contributed by atoms with Gasteiger partial charge in [0.05, 0.1) is 7.11 Å². The van der Waals surface area contributed by atoms with Crippen LogP contribution >= 0.6 is 11.8 Å². The monoisotopic (exact) mass is 445 g/mol. The van der Waals surface area contributed by atoms with Gasteiger partial charge in [0.15, 0.2) is 11.0 Å². The first-order valence-corrected chi connectivity index (χ1v) is 11.2. The van der Waals surface area contributed by atoms with Crippen molar-refractivity contribution in [2.45, 2.75) is 18.1 Å². The smallest absolute Gasteiger partial charge is 0.221 e. The molecule has 0 aliphatic heterocycles. The van der Waals surface area contributed by atoms with E-state index in [9.17, 15) is 4.79 Å². The molecule has 1 amide bonds. The van der Waals surface area contributed by atoms with Crippen molar-refractivity contribution in [3.8, 4) is 22.8 Å². The summed E-state index contributed by atoms with van der Waals surface area (Å²) in [6, 6.07) is 21.4. The third-order valence-corrected chi connectivity index (χ3v) is 5.73. The molecular weight excluding hydrogens is 422 g/mol. The highest BCUT2D eigenvalue weighted by molar-refractivity contribution is 7.99. The zero-order chi connectivity index (χ0) is 22.2. The van der Waals surface area contributed by atoms with E-state index >= 15 is 0 Å². The van der Waals surface area contributed by atoms with Gasteiger partial charge in [-0.1, -0.05) is 48.2 Å². The van der Waals surface area contributed by atoms with E-state index in [1.54, 1.807) is 19.5 Å². The van der Waals surface area contributed by atoms with Crippen LogP contribution < -0.4 is 10.1 Å². The summed E-state index contributed by atoms with van der Waals surface area (Å²) < 4.78 is 7.33. The van der Waals surface area contributed by atoms with Crippen LogP contribution in [0.15, 0.2) is 84.3 Å². The largest absolute Gasteiger partial charge is 0.496 e. The molecule has 162 valence electrons. The summed E-state index contributed by atoms with van der Waals surface area (Å²) in [6.07, 6.45) is 3.86. The summed E-state index contributed by atoms with van der Waals surface area (Å²) in [5.41, 5.74) is 2.78. The number of rotatable bonds is 9. The molecule has 0 atom stereocenters. The second kappa shape index (κ2) is 10.6. The fraction of sp³-hybridized carbons (Fsp3) is 0.167. The van der Waals surface area contributed by atoms with Gasteiger partial charge in [0, 0.05) is 47.9 Å². The van der Waals surface area contributed by atoms with Gasteiger partial charge in [-0.25, -0.2) is 0 Å². The topological polar surface area (TPSA) is 81.9 Å². The Hall–Kier alpha value is -3.65. The maximum absolute atomic E-state index is 12.4. The highest BCUT2D eigenvalue weighted by Crippen LogP contribution is 2.27. The second-order valence-corrected chi connectivity index (χ2v) is 7.97. The molecular formula is C24H23N5O2S. The molecule has 0 radical (unpaired) electrons. The summed E-state index contributed by atoms with van der Waals surface area (Å²) >= 11 is 1.50. The number of methoxy groups -OCH3 is 1. The van der Waals surface area contributed by atoms with Crippen molar-refractivity contribution in [3.05, 3.63) is 84.7 Å². The minimum atomic E-state index is -0.0262. The SMILES string of the molecule is COc1ccccc1CNC(=O)CCSc1nnc(-c2cccnc2)n1-c1ccccc1. The minimum Gasteiger partial charge on any atom is -0.496 e. The molecule has 0 saturated carbocycles. The molecule has 2 heterocycles. The standard InChI is InChI=1S/C24H23N5O2S/c1-31-21-12-6-5-8-18(21)17-26-22(30)13-15-32-24-28-27-23(19-9-7-14-25-16-19)29(24)20-10-3-2-4-11-20/h2-12,14,16H,13,15,17H2,1H3,(H,26,30). The van der Waals surface area contributed by atoms with Crippen molar-refractivity contribution in [1.29, 1.82) is 0 Å². The van der Waals surface area contributed by atoms with Gasteiger partial charge in [-0.3, -0.25) is 14.3 Å². The zero-order valence-corrected chi connectivity index (χ0v) is 18.5. The van der Waals surface area contributed by atoms with Crippen molar-refractivity contribution < 1.29 is 9.53 Å². The lowest BCUT2D eigenvalue weighted by molar-refractivity contribution is -0.120.